The standard InChI is InChI=1S/C17H17FN2O3S/c1-12(21)20-8-7-14-5-6-16(10-17(14)20)19-24(22,23)11-13-3-2-4-15(18)9-13/h2-6,9-10,19H,7-8,11H2,1H3. The number of nitrogens with one attached hydrogen (secondary N) is 1. The molecule has 2 aromatic rings. The van der Waals surface area contributed by atoms with Crippen molar-refractivity contribution in [2.75, 3.05) is 16.2 Å². The summed E-state index contributed by atoms with van der Waals surface area (Å²) < 4.78 is 40.2. The van der Waals surface area contributed by atoms with E-state index in [9.17, 15) is 17.6 Å². The van der Waals surface area contributed by atoms with Gasteiger partial charge in [0.15, 0.2) is 0 Å². The van der Waals surface area contributed by atoms with Crippen molar-refractivity contribution in [3.8, 4) is 0 Å². The van der Waals surface area contributed by atoms with Gasteiger partial charge in [0, 0.05) is 19.2 Å². The number of rotatable bonds is 4. The van der Waals surface area contributed by atoms with Gasteiger partial charge in [-0.2, -0.15) is 0 Å². The topological polar surface area (TPSA) is 66.5 Å². The summed E-state index contributed by atoms with van der Waals surface area (Å²) in [7, 11) is -3.68. The molecule has 0 fully saturated rings. The molecule has 1 heterocycles. The number of nitrogens with zero attached hydrogens (tertiary/aromatic N) is 1. The molecular weight excluding hydrogens is 331 g/mol. The normalized spacial score (nSPS) is 13.7. The van der Waals surface area contributed by atoms with Gasteiger partial charge in [0.05, 0.1) is 11.4 Å². The molecule has 3 rings (SSSR count). The first-order valence-electron chi connectivity index (χ1n) is 7.50. The smallest absolute Gasteiger partial charge is 0.236 e. The Kier molecular flexibility index (Phi) is 4.28. The number of carbonyl (C=O) groups excluding carboxylic acids is 1. The zero-order chi connectivity index (χ0) is 17.3. The van der Waals surface area contributed by atoms with Crippen LogP contribution in [0.15, 0.2) is 42.5 Å². The van der Waals surface area contributed by atoms with E-state index in [1.54, 1.807) is 23.1 Å². The van der Waals surface area contributed by atoms with E-state index >= 15 is 0 Å². The minimum atomic E-state index is -3.68. The molecule has 1 N–H and O–H groups in total. The van der Waals surface area contributed by atoms with Crippen LogP contribution in [0.2, 0.25) is 0 Å². The van der Waals surface area contributed by atoms with E-state index in [0.29, 0.717) is 17.8 Å². The highest BCUT2D eigenvalue weighted by Gasteiger charge is 2.23. The predicted molar refractivity (Wildman–Crippen MR) is 90.8 cm³/mol. The lowest BCUT2D eigenvalue weighted by molar-refractivity contribution is -0.116. The van der Waals surface area contributed by atoms with Crippen molar-refractivity contribution < 1.29 is 17.6 Å². The van der Waals surface area contributed by atoms with Crippen molar-refractivity contribution in [3.05, 3.63) is 59.4 Å². The average molecular weight is 348 g/mol. The molecule has 0 aliphatic carbocycles. The summed E-state index contributed by atoms with van der Waals surface area (Å²) in [6.45, 7) is 2.08. The average Bonchev–Trinajstić information content (AvgIpc) is 2.89. The molecular formula is C17H17FN2O3S. The summed E-state index contributed by atoms with van der Waals surface area (Å²) in [4.78, 5) is 13.3. The SMILES string of the molecule is CC(=O)N1CCc2ccc(NS(=O)(=O)Cc3cccc(F)c3)cc21. The molecule has 0 aromatic heterocycles. The second-order valence-electron chi connectivity index (χ2n) is 5.76. The molecule has 24 heavy (non-hydrogen) atoms. The number of halogens is 1. The van der Waals surface area contributed by atoms with Crippen LogP contribution in [0.4, 0.5) is 15.8 Å². The fourth-order valence-corrected chi connectivity index (χ4v) is 4.01. The molecule has 2 aromatic carbocycles. The van der Waals surface area contributed by atoms with E-state index < -0.39 is 15.8 Å². The van der Waals surface area contributed by atoms with Crippen LogP contribution in [0.3, 0.4) is 0 Å². The second-order valence-corrected chi connectivity index (χ2v) is 7.48. The first kappa shape index (κ1) is 16.4. The van der Waals surface area contributed by atoms with Crippen LogP contribution < -0.4 is 9.62 Å². The van der Waals surface area contributed by atoms with E-state index in [-0.39, 0.29) is 11.7 Å². The van der Waals surface area contributed by atoms with Crippen molar-refractivity contribution in [2.45, 2.75) is 19.1 Å². The summed E-state index contributed by atoms with van der Waals surface area (Å²) in [5, 5.41) is 0. The van der Waals surface area contributed by atoms with Gasteiger partial charge in [0.1, 0.15) is 5.82 Å². The maximum absolute atomic E-state index is 13.2. The third-order valence-electron chi connectivity index (χ3n) is 3.88. The Morgan fingerprint density at radius 2 is 2.04 bits per heavy atom. The van der Waals surface area contributed by atoms with Crippen molar-refractivity contribution in [1.29, 1.82) is 0 Å². The molecule has 0 radical (unpaired) electrons. The zero-order valence-electron chi connectivity index (χ0n) is 13.1. The van der Waals surface area contributed by atoms with Crippen molar-refractivity contribution in [2.24, 2.45) is 0 Å². The Morgan fingerprint density at radius 1 is 1.25 bits per heavy atom. The van der Waals surface area contributed by atoms with Crippen LogP contribution in [0.25, 0.3) is 0 Å². The van der Waals surface area contributed by atoms with Crippen molar-refractivity contribution in [3.63, 3.8) is 0 Å². The Morgan fingerprint density at radius 3 is 2.75 bits per heavy atom. The zero-order valence-corrected chi connectivity index (χ0v) is 13.9. The van der Waals surface area contributed by atoms with E-state index in [1.807, 2.05) is 6.07 Å². The van der Waals surface area contributed by atoms with Crippen LogP contribution >= 0.6 is 0 Å². The minimum absolute atomic E-state index is 0.0754. The monoisotopic (exact) mass is 348 g/mol. The van der Waals surface area contributed by atoms with E-state index in [2.05, 4.69) is 4.72 Å². The number of hydrogen-bond donors (Lipinski definition) is 1. The summed E-state index contributed by atoms with van der Waals surface area (Å²) in [6, 6.07) is 10.6. The Hall–Kier alpha value is -2.41. The molecule has 1 amide bonds. The molecule has 0 spiro atoms. The molecule has 5 nitrogen and oxygen atoms in total. The number of fused-ring (bicyclic) bond motifs is 1. The van der Waals surface area contributed by atoms with Gasteiger partial charge in [-0.25, -0.2) is 12.8 Å². The highest BCUT2D eigenvalue weighted by atomic mass is 32.2. The van der Waals surface area contributed by atoms with Gasteiger partial charge in [-0.05, 0) is 41.8 Å². The lowest BCUT2D eigenvalue weighted by Gasteiger charge is -2.16. The van der Waals surface area contributed by atoms with Gasteiger partial charge in [0.2, 0.25) is 15.9 Å². The summed E-state index contributed by atoms with van der Waals surface area (Å²) in [6.07, 6.45) is 0.755. The van der Waals surface area contributed by atoms with Crippen LogP contribution in [-0.4, -0.2) is 20.9 Å². The van der Waals surface area contributed by atoms with Gasteiger partial charge < -0.3 is 4.90 Å². The minimum Gasteiger partial charge on any atom is -0.312 e. The van der Waals surface area contributed by atoms with Crippen molar-refractivity contribution in [1.82, 2.24) is 0 Å². The third kappa shape index (κ3) is 3.56. The number of sulfonamides is 1. The Labute approximate surface area is 140 Å². The molecule has 0 bridgehead atoms. The van der Waals surface area contributed by atoms with Gasteiger partial charge in [0.25, 0.3) is 0 Å². The van der Waals surface area contributed by atoms with E-state index in [0.717, 1.165) is 17.7 Å². The summed E-state index contributed by atoms with van der Waals surface area (Å²) in [5.74, 6) is -0.871. The van der Waals surface area contributed by atoms with Crippen LogP contribution in [-0.2, 0) is 27.0 Å². The van der Waals surface area contributed by atoms with E-state index in [1.165, 1.54) is 25.1 Å². The summed E-state index contributed by atoms with van der Waals surface area (Å²) >= 11 is 0. The maximum Gasteiger partial charge on any atom is 0.236 e. The van der Waals surface area contributed by atoms with Crippen LogP contribution in [0, 0.1) is 5.82 Å². The third-order valence-corrected chi connectivity index (χ3v) is 5.14. The number of amides is 1. The molecule has 1 aliphatic heterocycles. The summed E-state index contributed by atoms with van der Waals surface area (Å²) in [5.41, 5.74) is 2.50. The Bertz CT molecular complexity index is 896. The maximum atomic E-state index is 13.2. The Balaban J connectivity index is 1.81. The van der Waals surface area contributed by atoms with Crippen LogP contribution in [0.1, 0.15) is 18.1 Å². The van der Waals surface area contributed by atoms with Crippen LogP contribution in [0.5, 0.6) is 0 Å². The van der Waals surface area contributed by atoms with Gasteiger partial charge in [-0.3, -0.25) is 9.52 Å². The predicted octanol–water partition coefficient (Wildman–Crippen LogP) is 2.68. The lowest BCUT2D eigenvalue weighted by atomic mass is 10.1. The molecule has 0 unspecified atom stereocenters. The number of hydrogen-bond acceptors (Lipinski definition) is 3. The lowest BCUT2D eigenvalue weighted by Crippen LogP contribution is -2.25. The van der Waals surface area contributed by atoms with Gasteiger partial charge in [-0.15, -0.1) is 0 Å². The fraction of sp³-hybridized carbons (Fsp3) is 0.235. The van der Waals surface area contributed by atoms with E-state index in [4.69, 9.17) is 0 Å². The molecule has 0 saturated heterocycles. The largest absolute Gasteiger partial charge is 0.312 e. The molecule has 7 heteroatoms. The number of benzene rings is 2. The quantitative estimate of drug-likeness (QED) is 0.924. The first-order chi connectivity index (χ1) is 11.3. The second kappa shape index (κ2) is 6.24. The molecule has 126 valence electrons. The van der Waals surface area contributed by atoms with Crippen molar-refractivity contribution >= 4 is 27.3 Å². The number of anilines is 2. The van der Waals surface area contributed by atoms with Gasteiger partial charge in [-0.1, -0.05) is 18.2 Å². The molecule has 0 saturated carbocycles. The fourth-order valence-electron chi connectivity index (χ4n) is 2.83. The molecule has 1 aliphatic rings. The van der Waals surface area contributed by atoms with Gasteiger partial charge >= 0.3 is 0 Å². The number of carbonyl (C=O) groups is 1. The highest BCUT2D eigenvalue weighted by molar-refractivity contribution is 7.91. The highest BCUT2D eigenvalue weighted by Crippen LogP contribution is 2.31. The molecule has 0 atom stereocenters. The first-order valence-corrected chi connectivity index (χ1v) is 9.15.